The molecule has 1 heterocycles. The third-order valence-corrected chi connectivity index (χ3v) is 9.74. The number of rotatable bonds is 6. The van der Waals surface area contributed by atoms with Gasteiger partial charge in [-0.3, -0.25) is 4.98 Å². The molecule has 0 radical (unpaired) electrons. The van der Waals surface area contributed by atoms with E-state index in [1.54, 1.807) is 0 Å². The zero-order valence-electron chi connectivity index (χ0n) is 26.5. The predicted molar refractivity (Wildman–Crippen MR) is 198 cm³/mol. The number of hydrogen-bond donors (Lipinski definition) is 0. The Bertz CT molecular complexity index is 2010. The molecule has 0 spiro atoms. The average molecular weight is 604 g/mol. The van der Waals surface area contributed by atoms with Crippen molar-refractivity contribution in [2.24, 2.45) is 0 Å². The third-order valence-electron chi connectivity index (χ3n) is 9.74. The van der Waals surface area contributed by atoms with Gasteiger partial charge in [0.05, 0.1) is 5.69 Å². The van der Waals surface area contributed by atoms with Gasteiger partial charge in [-0.1, -0.05) is 152 Å². The fourth-order valence-corrected chi connectivity index (χ4v) is 7.33. The Labute approximate surface area is 278 Å². The van der Waals surface area contributed by atoms with Crippen LogP contribution in [0.15, 0.2) is 152 Å². The first-order valence-electron chi connectivity index (χ1n) is 16.7. The van der Waals surface area contributed by atoms with Gasteiger partial charge in [-0.2, -0.15) is 0 Å². The van der Waals surface area contributed by atoms with Crippen LogP contribution in [-0.2, 0) is 25.7 Å². The van der Waals surface area contributed by atoms with E-state index in [2.05, 4.69) is 157 Å². The van der Waals surface area contributed by atoms with E-state index in [-0.39, 0.29) is 0 Å². The van der Waals surface area contributed by atoms with Gasteiger partial charge in [0.25, 0.3) is 0 Å². The van der Waals surface area contributed by atoms with E-state index in [9.17, 15) is 0 Å². The van der Waals surface area contributed by atoms with Crippen molar-refractivity contribution in [1.29, 1.82) is 0 Å². The molecular formula is C46H37N. The summed E-state index contributed by atoms with van der Waals surface area (Å²) >= 11 is 0. The van der Waals surface area contributed by atoms with Gasteiger partial charge in [0, 0.05) is 12.1 Å². The molecular weight excluding hydrogens is 567 g/mol. The number of hydrogen-bond acceptors (Lipinski definition) is 1. The van der Waals surface area contributed by atoms with Crippen molar-refractivity contribution >= 4 is 29.4 Å². The number of benzene rings is 5. The van der Waals surface area contributed by atoms with Crippen LogP contribution in [0, 0.1) is 0 Å². The molecule has 0 N–H and O–H groups in total. The molecule has 1 heteroatoms. The summed E-state index contributed by atoms with van der Waals surface area (Å²) in [7, 11) is 0. The monoisotopic (exact) mass is 603 g/mol. The van der Waals surface area contributed by atoms with Gasteiger partial charge in [-0.15, -0.1) is 0 Å². The minimum absolute atomic E-state index is 0.384. The highest BCUT2D eigenvalue weighted by Crippen LogP contribution is 2.37. The van der Waals surface area contributed by atoms with E-state index in [0.717, 1.165) is 31.4 Å². The number of aromatic nitrogens is 1. The minimum Gasteiger partial charge on any atom is -0.257 e. The molecule has 47 heavy (non-hydrogen) atoms. The fraction of sp³-hybridized carbons (Fsp3) is 0.109. The van der Waals surface area contributed by atoms with Crippen molar-refractivity contribution in [3.05, 3.63) is 213 Å². The van der Waals surface area contributed by atoms with Crippen molar-refractivity contribution in [3.63, 3.8) is 0 Å². The molecule has 1 unspecified atom stereocenters. The van der Waals surface area contributed by atoms with Crippen LogP contribution in [0.1, 0.15) is 67.2 Å². The molecule has 6 aromatic rings. The van der Waals surface area contributed by atoms with Crippen molar-refractivity contribution < 1.29 is 0 Å². The summed E-state index contributed by atoms with van der Waals surface area (Å²) in [6.07, 6.45) is 15.2. The molecule has 3 aliphatic rings. The van der Waals surface area contributed by atoms with Gasteiger partial charge in [0.15, 0.2) is 0 Å². The maximum Gasteiger partial charge on any atom is 0.0668 e. The van der Waals surface area contributed by atoms with Gasteiger partial charge in [-0.05, 0) is 105 Å². The summed E-state index contributed by atoms with van der Waals surface area (Å²) in [4.78, 5) is 4.35. The van der Waals surface area contributed by atoms with Crippen molar-refractivity contribution in [2.75, 3.05) is 0 Å². The molecule has 1 nitrogen and oxygen atoms in total. The number of aryl methyl sites for hydroxylation is 2. The van der Waals surface area contributed by atoms with Crippen LogP contribution in [0.2, 0.25) is 0 Å². The van der Waals surface area contributed by atoms with Crippen LogP contribution in [-0.4, -0.2) is 4.98 Å². The number of fused-ring (bicyclic) bond motifs is 3. The van der Waals surface area contributed by atoms with Gasteiger partial charge in [0.1, 0.15) is 0 Å². The van der Waals surface area contributed by atoms with Gasteiger partial charge in [-0.25, -0.2) is 0 Å². The van der Waals surface area contributed by atoms with Gasteiger partial charge >= 0.3 is 0 Å². The lowest BCUT2D eigenvalue weighted by atomic mass is 9.94. The molecule has 0 amide bonds. The minimum atomic E-state index is 0.384. The summed E-state index contributed by atoms with van der Waals surface area (Å²) in [5, 5.41) is 0. The second-order valence-electron chi connectivity index (χ2n) is 12.6. The lowest BCUT2D eigenvalue weighted by Crippen LogP contribution is -1.98. The SMILES string of the molecule is C1=C(c2ccccc2)Cc2cccc(CCc3cccc4c3C=C(c3ccccc3)C4)c21.C1=CC(c2ccccc2)c2cccnc21. The molecule has 226 valence electrons. The van der Waals surface area contributed by atoms with Crippen molar-refractivity contribution in [2.45, 2.75) is 31.6 Å². The Morgan fingerprint density at radius 1 is 0.511 bits per heavy atom. The normalized spacial score (nSPS) is 15.2. The average Bonchev–Trinajstić information content (AvgIpc) is 3.90. The Morgan fingerprint density at radius 2 is 1.04 bits per heavy atom. The Hall–Kier alpha value is -5.53. The molecule has 0 saturated heterocycles. The zero-order chi connectivity index (χ0) is 31.4. The Balaban J connectivity index is 0.000000180. The Kier molecular flexibility index (Phi) is 8.04. The number of allylic oxidation sites excluding steroid dienone is 3. The van der Waals surface area contributed by atoms with E-state index in [0.29, 0.717) is 5.92 Å². The molecule has 1 aromatic heterocycles. The van der Waals surface area contributed by atoms with E-state index in [1.165, 1.54) is 66.8 Å². The van der Waals surface area contributed by atoms with Crippen LogP contribution in [0.5, 0.6) is 0 Å². The second-order valence-corrected chi connectivity index (χ2v) is 12.6. The lowest BCUT2D eigenvalue weighted by Gasteiger charge is -2.10. The van der Waals surface area contributed by atoms with E-state index in [1.807, 2.05) is 18.3 Å². The summed E-state index contributed by atoms with van der Waals surface area (Å²) in [6.45, 7) is 0. The van der Waals surface area contributed by atoms with Crippen LogP contribution in [0.25, 0.3) is 29.4 Å². The molecule has 0 fully saturated rings. The zero-order valence-corrected chi connectivity index (χ0v) is 26.5. The molecule has 0 bridgehead atoms. The predicted octanol–water partition coefficient (Wildman–Crippen LogP) is 10.9. The number of pyridine rings is 1. The first kappa shape index (κ1) is 28.9. The number of nitrogens with zero attached hydrogens (tertiary/aromatic N) is 1. The molecule has 0 aliphatic heterocycles. The van der Waals surface area contributed by atoms with Crippen LogP contribution >= 0.6 is 0 Å². The van der Waals surface area contributed by atoms with E-state index in [4.69, 9.17) is 0 Å². The van der Waals surface area contributed by atoms with E-state index < -0.39 is 0 Å². The molecule has 1 atom stereocenters. The highest BCUT2D eigenvalue weighted by molar-refractivity contribution is 5.90. The molecule has 5 aromatic carbocycles. The molecule has 0 saturated carbocycles. The fourth-order valence-electron chi connectivity index (χ4n) is 7.33. The quantitative estimate of drug-likeness (QED) is 0.185. The summed E-state index contributed by atoms with van der Waals surface area (Å²) in [5.74, 6) is 0.384. The van der Waals surface area contributed by atoms with E-state index >= 15 is 0 Å². The third kappa shape index (κ3) is 6.05. The first-order valence-corrected chi connectivity index (χ1v) is 16.7. The smallest absolute Gasteiger partial charge is 0.0668 e. The molecule has 3 aliphatic carbocycles. The maximum absolute atomic E-state index is 4.35. The lowest BCUT2D eigenvalue weighted by molar-refractivity contribution is 0.950. The molecule has 9 rings (SSSR count). The largest absolute Gasteiger partial charge is 0.257 e. The highest BCUT2D eigenvalue weighted by Gasteiger charge is 2.20. The van der Waals surface area contributed by atoms with Crippen molar-refractivity contribution in [1.82, 2.24) is 4.98 Å². The van der Waals surface area contributed by atoms with Gasteiger partial charge < -0.3 is 0 Å². The van der Waals surface area contributed by atoms with Crippen molar-refractivity contribution in [3.8, 4) is 0 Å². The summed E-state index contributed by atoms with van der Waals surface area (Å²) in [6, 6.07) is 50.0. The topological polar surface area (TPSA) is 12.9 Å². The Morgan fingerprint density at radius 3 is 1.60 bits per heavy atom. The standard InChI is InChI=1S/C32H26.C14H11N/c1-3-9-23(10-4-1)29-19-27-15-7-13-25(31(27)21-29)17-18-26-14-8-16-28-20-30(22-32(26)28)24-11-5-2-6-12-24;1-2-5-11(6-3-1)12-8-9-14-13(12)7-4-10-15-14/h1-16,21-22H,17-20H2;1-10,12H. The second kappa shape index (κ2) is 13.1. The van der Waals surface area contributed by atoms with Crippen LogP contribution in [0.4, 0.5) is 0 Å². The van der Waals surface area contributed by atoms with Gasteiger partial charge in [0.2, 0.25) is 0 Å². The highest BCUT2D eigenvalue weighted by atomic mass is 14.7. The summed E-state index contributed by atoms with van der Waals surface area (Å²) in [5.41, 5.74) is 18.1. The van der Waals surface area contributed by atoms with Crippen LogP contribution in [0.3, 0.4) is 0 Å². The van der Waals surface area contributed by atoms with Crippen LogP contribution < -0.4 is 0 Å². The first-order chi connectivity index (χ1) is 23.3. The summed E-state index contributed by atoms with van der Waals surface area (Å²) < 4.78 is 0. The maximum atomic E-state index is 4.35.